The molecule has 0 saturated heterocycles. The van der Waals surface area contributed by atoms with E-state index in [1.165, 1.54) is 57.8 Å². The van der Waals surface area contributed by atoms with Gasteiger partial charge in [0.1, 0.15) is 19.3 Å². The van der Waals surface area contributed by atoms with Crippen molar-refractivity contribution in [3.63, 3.8) is 0 Å². The maximum Gasteiger partial charge on any atom is 0.472 e. The summed E-state index contributed by atoms with van der Waals surface area (Å²) in [7, 11) is 1.65. The van der Waals surface area contributed by atoms with Crippen molar-refractivity contribution in [2.45, 2.75) is 97.0 Å². The van der Waals surface area contributed by atoms with E-state index in [2.05, 4.69) is 19.1 Å². The summed E-state index contributed by atoms with van der Waals surface area (Å²) < 4.78 is 33.7. The van der Waals surface area contributed by atoms with Gasteiger partial charge in [0.2, 0.25) is 0 Å². The third-order valence-electron chi connectivity index (χ3n) is 5.38. The molecule has 0 aliphatic rings. The maximum absolute atomic E-state index is 12.1. The first-order chi connectivity index (χ1) is 16.6. The summed E-state index contributed by atoms with van der Waals surface area (Å²) in [6.45, 7) is 4.99. The summed E-state index contributed by atoms with van der Waals surface area (Å²) in [6.07, 6.45) is 17.3. The summed E-state index contributed by atoms with van der Waals surface area (Å²) in [6, 6.07) is 0. The molecule has 35 heavy (non-hydrogen) atoms. The first-order valence-electron chi connectivity index (χ1n) is 13.4. The van der Waals surface area contributed by atoms with Crippen molar-refractivity contribution < 1.29 is 37.3 Å². The molecule has 0 aromatic carbocycles. The molecule has 8 nitrogen and oxygen atoms in total. The van der Waals surface area contributed by atoms with Crippen LogP contribution in [0.3, 0.4) is 0 Å². The van der Waals surface area contributed by atoms with Crippen LogP contribution < -0.4 is 0 Å². The van der Waals surface area contributed by atoms with Crippen LogP contribution in [0.4, 0.5) is 0 Å². The number of ether oxygens (including phenoxy) is 2. The zero-order valence-electron chi connectivity index (χ0n) is 23.0. The first kappa shape index (κ1) is 34.2. The van der Waals surface area contributed by atoms with Gasteiger partial charge in [-0.25, -0.2) is 4.57 Å². The van der Waals surface area contributed by atoms with Crippen molar-refractivity contribution in [3.05, 3.63) is 12.2 Å². The highest BCUT2D eigenvalue weighted by Crippen LogP contribution is 2.43. The van der Waals surface area contributed by atoms with E-state index in [4.69, 9.17) is 18.5 Å². The van der Waals surface area contributed by atoms with Crippen LogP contribution in [0.15, 0.2) is 12.2 Å². The molecule has 0 radical (unpaired) electrons. The number of carbonyl (C=O) groups excluding carboxylic acids is 1. The minimum absolute atomic E-state index is 0.0862. The highest BCUT2D eigenvalue weighted by Gasteiger charge is 2.26. The molecule has 0 heterocycles. The minimum atomic E-state index is -4.22. The second-order valence-electron chi connectivity index (χ2n) is 10.0. The predicted molar refractivity (Wildman–Crippen MR) is 141 cm³/mol. The minimum Gasteiger partial charge on any atom is -0.457 e. The molecular formula is C26H53NO7P+. The van der Waals surface area contributed by atoms with Gasteiger partial charge in [-0.05, 0) is 32.1 Å². The number of phosphoric acid groups is 1. The molecule has 0 amide bonds. The average Bonchev–Trinajstić information content (AvgIpc) is 2.78. The smallest absolute Gasteiger partial charge is 0.457 e. The van der Waals surface area contributed by atoms with Crippen LogP contribution >= 0.6 is 7.82 Å². The molecule has 2 atom stereocenters. The van der Waals surface area contributed by atoms with E-state index in [0.717, 1.165) is 12.8 Å². The van der Waals surface area contributed by atoms with E-state index < -0.39 is 19.9 Å². The van der Waals surface area contributed by atoms with Crippen molar-refractivity contribution in [2.24, 2.45) is 0 Å². The standard InChI is InChI=1S/C26H52NO7P/c1-6-8-9-10-11-12-13-14-15-16-17-18-19-21-31-23-25(34-26(28)7-2)24-33-35(29,30)32-22-20-27(3,4)5/h11-12,25H,6-10,13-24H2,1-5H3/p+1/b12-11-. The molecule has 0 saturated carbocycles. The number of esters is 1. The van der Waals surface area contributed by atoms with Gasteiger partial charge in [-0.3, -0.25) is 13.8 Å². The topological polar surface area (TPSA) is 91.3 Å². The van der Waals surface area contributed by atoms with Gasteiger partial charge in [-0.1, -0.05) is 64.5 Å². The molecule has 0 aromatic heterocycles. The highest BCUT2D eigenvalue weighted by molar-refractivity contribution is 7.47. The van der Waals surface area contributed by atoms with Crippen LogP contribution in [0.2, 0.25) is 0 Å². The normalized spacial score (nSPS) is 14.8. The lowest BCUT2D eigenvalue weighted by molar-refractivity contribution is -0.870. The van der Waals surface area contributed by atoms with E-state index in [0.29, 0.717) is 17.6 Å². The van der Waals surface area contributed by atoms with Gasteiger partial charge in [0.25, 0.3) is 0 Å². The molecule has 1 N–H and O–H groups in total. The predicted octanol–water partition coefficient (Wildman–Crippen LogP) is 6.03. The fourth-order valence-electron chi connectivity index (χ4n) is 3.17. The van der Waals surface area contributed by atoms with Crippen molar-refractivity contribution in [1.29, 1.82) is 0 Å². The second kappa shape index (κ2) is 21.3. The summed E-state index contributed by atoms with van der Waals surface area (Å²) in [4.78, 5) is 21.6. The Labute approximate surface area is 214 Å². The Hall–Kier alpha value is -0.760. The highest BCUT2D eigenvalue weighted by atomic mass is 31.2. The summed E-state index contributed by atoms with van der Waals surface area (Å²) in [5.41, 5.74) is 0. The average molecular weight is 523 g/mol. The molecule has 9 heteroatoms. The van der Waals surface area contributed by atoms with Crippen LogP contribution in [0.5, 0.6) is 0 Å². The Kier molecular flexibility index (Phi) is 20.9. The largest absolute Gasteiger partial charge is 0.472 e. The first-order valence-corrected chi connectivity index (χ1v) is 14.9. The Morgan fingerprint density at radius 2 is 1.46 bits per heavy atom. The third-order valence-corrected chi connectivity index (χ3v) is 6.37. The monoisotopic (exact) mass is 522 g/mol. The SMILES string of the molecule is CCCCC/C=C\CCCCCCCCOCC(COP(=O)(O)OCC[N+](C)(C)C)OC(=O)CC. The van der Waals surface area contributed by atoms with Crippen LogP contribution in [0, 0.1) is 0 Å². The summed E-state index contributed by atoms with van der Waals surface area (Å²) >= 11 is 0. The van der Waals surface area contributed by atoms with E-state index in [1.54, 1.807) is 6.92 Å². The van der Waals surface area contributed by atoms with Gasteiger partial charge >= 0.3 is 13.8 Å². The zero-order valence-corrected chi connectivity index (χ0v) is 23.9. The maximum atomic E-state index is 12.1. The van der Waals surface area contributed by atoms with E-state index in [1.807, 2.05) is 21.1 Å². The number of carbonyl (C=O) groups is 1. The van der Waals surface area contributed by atoms with E-state index in [-0.39, 0.29) is 26.2 Å². The number of hydrogen-bond donors (Lipinski definition) is 1. The lowest BCUT2D eigenvalue weighted by Gasteiger charge is -2.24. The summed E-state index contributed by atoms with van der Waals surface area (Å²) in [5, 5.41) is 0. The molecular weight excluding hydrogens is 469 g/mol. The Morgan fingerprint density at radius 3 is 2.06 bits per heavy atom. The number of likely N-dealkylation sites (N-methyl/N-ethyl adjacent to an activating group) is 1. The van der Waals surface area contributed by atoms with Gasteiger partial charge in [0, 0.05) is 13.0 Å². The van der Waals surface area contributed by atoms with Gasteiger partial charge in [-0.15, -0.1) is 0 Å². The molecule has 0 spiro atoms. The number of rotatable bonds is 24. The fraction of sp³-hybridized carbons (Fsp3) is 0.885. The molecule has 0 aliphatic carbocycles. The molecule has 0 aliphatic heterocycles. The number of allylic oxidation sites excluding steroid dienone is 2. The van der Waals surface area contributed by atoms with E-state index >= 15 is 0 Å². The number of hydrogen-bond acceptors (Lipinski definition) is 6. The van der Waals surface area contributed by atoms with Gasteiger partial charge in [0.05, 0.1) is 34.4 Å². The third kappa shape index (κ3) is 24.7. The second-order valence-corrected chi connectivity index (χ2v) is 11.5. The zero-order chi connectivity index (χ0) is 26.4. The van der Waals surface area contributed by atoms with Gasteiger partial charge in [-0.2, -0.15) is 0 Å². The number of quaternary nitrogens is 1. The molecule has 2 unspecified atom stereocenters. The van der Waals surface area contributed by atoms with Gasteiger partial charge in [0.15, 0.2) is 0 Å². The molecule has 0 fully saturated rings. The van der Waals surface area contributed by atoms with Gasteiger partial charge < -0.3 is 18.9 Å². The summed E-state index contributed by atoms with van der Waals surface area (Å²) in [5.74, 6) is -0.406. The van der Waals surface area contributed by atoms with Crippen LogP contribution in [-0.4, -0.2) is 75.6 Å². The van der Waals surface area contributed by atoms with Crippen molar-refractivity contribution in [2.75, 3.05) is 54.1 Å². The quantitative estimate of drug-likeness (QED) is 0.0544. The van der Waals surface area contributed by atoms with E-state index in [9.17, 15) is 14.3 Å². The lowest BCUT2D eigenvalue weighted by Crippen LogP contribution is -2.37. The molecule has 208 valence electrons. The lowest BCUT2D eigenvalue weighted by atomic mass is 10.1. The molecule has 0 bridgehead atoms. The van der Waals surface area contributed by atoms with Crippen molar-refractivity contribution >= 4 is 13.8 Å². The van der Waals surface area contributed by atoms with Crippen molar-refractivity contribution in [3.8, 4) is 0 Å². The van der Waals surface area contributed by atoms with Crippen molar-refractivity contribution in [1.82, 2.24) is 0 Å². The van der Waals surface area contributed by atoms with Crippen LogP contribution in [0.25, 0.3) is 0 Å². The number of unbranched alkanes of at least 4 members (excludes halogenated alkanes) is 9. The fourth-order valence-corrected chi connectivity index (χ4v) is 3.91. The Balaban J connectivity index is 3.97. The number of phosphoric ester groups is 1. The number of nitrogens with zero attached hydrogens (tertiary/aromatic N) is 1. The molecule has 0 rings (SSSR count). The van der Waals surface area contributed by atoms with Crippen LogP contribution in [0.1, 0.15) is 90.9 Å². The Bertz CT molecular complexity index is 593. The molecule has 0 aromatic rings. The van der Waals surface area contributed by atoms with Crippen LogP contribution in [-0.2, 0) is 27.9 Å². The Morgan fingerprint density at radius 1 is 0.857 bits per heavy atom.